The molecular formula is C29H42N6O4. The molecule has 1 amide bonds. The van der Waals surface area contributed by atoms with E-state index < -0.39 is 5.92 Å². The molecule has 0 radical (unpaired) electrons. The molecule has 2 aromatic heterocycles. The van der Waals surface area contributed by atoms with Gasteiger partial charge in [0.15, 0.2) is 5.82 Å². The number of ether oxygens (including phenoxy) is 3. The van der Waals surface area contributed by atoms with Crippen LogP contribution in [0.2, 0.25) is 0 Å². The van der Waals surface area contributed by atoms with E-state index in [1.165, 1.54) is 65.6 Å². The van der Waals surface area contributed by atoms with E-state index in [0.29, 0.717) is 35.2 Å². The number of tetrazole rings is 1. The maximum absolute atomic E-state index is 13.6. The zero-order chi connectivity index (χ0) is 27.9. The molecule has 0 aliphatic rings. The monoisotopic (exact) mass is 538 g/mol. The highest BCUT2D eigenvalue weighted by Gasteiger charge is 2.30. The number of rotatable bonds is 18. The molecule has 2 heterocycles. The van der Waals surface area contributed by atoms with Crippen molar-refractivity contribution in [2.24, 2.45) is 0 Å². The van der Waals surface area contributed by atoms with Crippen molar-refractivity contribution >= 4 is 11.6 Å². The van der Waals surface area contributed by atoms with E-state index in [0.717, 1.165) is 12.8 Å². The Morgan fingerprint density at radius 1 is 0.897 bits per heavy atom. The molecule has 3 rings (SSSR count). The number of aryl methyl sites for hydroxylation is 1. The summed E-state index contributed by atoms with van der Waals surface area (Å²) in [5, 5.41) is 15.9. The standard InChI is InChI=1S/C29H42N6O4/c1-5-6-7-8-9-10-11-12-13-16-19-35-33-28(32-34-35)26(23-17-14-15-18-30-23)29(36)31-27-24(38-3)20-22(37-2)21-25(27)39-4/h14-15,17-18,20-21,26H,5-13,16,19H2,1-4H3,(H,31,36)/t26-/m1/s1. The molecule has 10 heteroatoms. The van der Waals surface area contributed by atoms with Crippen molar-refractivity contribution in [1.29, 1.82) is 0 Å². The number of amides is 1. The molecule has 1 N–H and O–H groups in total. The van der Waals surface area contributed by atoms with E-state index in [1.807, 2.05) is 6.07 Å². The van der Waals surface area contributed by atoms with E-state index in [-0.39, 0.29) is 11.7 Å². The Hall–Kier alpha value is -3.69. The number of carbonyl (C=O) groups excluding carboxylic acids is 1. The quantitative estimate of drug-likeness (QED) is 0.203. The second-order valence-corrected chi connectivity index (χ2v) is 9.51. The summed E-state index contributed by atoms with van der Waals surface area (Å²) in [5.74, 6) is 0.371. The van der Waals surface area contributed by atoms with Crippen LogP contribution < -0.4 is 19.5 Å². The van der Waals surface area contributed by atoms with Crippen molar-refractivity contribution in [3.8, 4) is 17.2 Å². The number of hydrogen-bond donors (Lipinski definition) is 1. The van der Waals surface area contributed by atoms with Crippen LogP contribution in [0.5, 0.6) is 17.2 Å². The number of anilines is 1. The van der Waals surface area contributed by atoms with Crippen molar-refractivity contribution in [1.82, 2.24) is 25.2 Å². The van der Waals surface area contributed by atoms with Crippen LogP contribution in [0.4, 0.5) is 5.69 Å². The fourth-order valence-corrected chi connectivity index (χ4v) is 4.46. The first kappa shape index (κ1) is 29.9. The van der Waals surface area contributed by atoms with Crippen molar-refractivity contribution in [2.45, 2.75) is 83.6 Å². The topological polar surface area (TPSA) is 113 Å². The molecule has 0 bridgehead atoms. The Kier molecular flexibility index (Phi) is 12.5. The Bertz CT molecular complexity index is 1110. The SMILES string of the molecule is CCCCCCCCCCCCn1nnc([C@H](C(=O)Nc2c(OC)cc(OC)cc2OC)c2ccccn2)n1. The van der Waals surface area contributed by atoms with E-state index in [2.05, 4.69) is 32.6 Å². The summed E-state index contributed by atoms with van der Waals surface area (Å²) in [4.78, 5) is 19.6. The number of aromatic nitrogens is 5. The number of carbonyl (C=O) groups is 1. The highest BCUT2D eigenvalue weighted by atomic mass is 16.5. The first-order valence-corrected chi connectivity index (χ1v) is 13.9. The third-order valence-corrected chi connectivity index (χ3v) is 6.65. The van der Waals surface area contributed by atoms with Crippen LogP contribution >= 0.6 is 0 Å². The van der Waals surface area contributed by atoms with Crippen LogP contribution in [0.3, 0.4) is 0 Å². The van der Waals surface area contributed by atoms with Crippen molar-refractivity contribution in [2.75, 3.05) is 26.6 Å². The number of nitrogens with zero attached hydrogens (tertiary/aromatic N) is 5. The molecule has 1 aromatic carbocycles. The summed E-state index contributed by atoms with van der Waals surface area (Å²) in [7, 11) is 4.58. The summed E-state index contributed by atoms with van der Waals surface area (Å²) in [6, 6.07) is 8.74. The smallest absolute Gasteiger partial charge is 0.241 e. The lowest BCUT2D eigenvalue weighted by Crippen LogP contribution is -2.25. The fraction of sp³-hybridized carbons (Fsp3) is 0.552. The van der Waals surface area contributed by atoms with E-state index >= 15 is 0 Å². The number of hydrogen-bond acceptors (Lipinski definition) is 8. The van der Waals surface area contributed by atoms with Gasteiger partial charge in [-0.05, 0) is 23.8 Å². The van der Waals surface area contributed by atoms with Crippen molar-refractivity contribution in [3.05, 3.63) is 48.0 Å². The average Bonchev–Trinajstić information content (AvgIpc) is 3.42. The molecular weight excluding hydrogens is 496 g/mol. The number of methoxy groups -OCH3 is 3. The highest BCUT2D eigenvalue weighted by Crippen LogP contribution is 2.39. The zero-order valence-electron chi connectivity index (χ0n) is 23.7. The lowest BCUT2D eigenvalue weighted by Gasteiger charge is -2.18. The van der Waals surface area contributed by atoms with Crippen LogP contribution in [0.1, 0.15) is 88.6 Å². The number of nitrogens with one attached hydrogen (secondary N) is 1. The Balaban J connectivity index is 1.65. The van der Waals surface area contributed by atoms with Gasteiger partial charge in [-0.25, -0.2) is 0 Å². The molecule has 0 unspecified atom stereocenters. The van der Waals surface area contributed by atoms with Gasteiger partial charge in [-0.3, -0.25) is 9.78 Å². The molecule has 39 heavy (non-hydrogen) atoms. The van der Waals surface area contributed by atoms with Gasteiger partial charge < -0.3 is 19.5 Å². The molecule has 0 saturated heterocycles. The predicted molar refractivity (Wildman–Crippen MR) is 150 cm³/mol. The summed E-state index contributed by atoms with van der Waals surface area (Å²) in [5.41, 5.74) is 0.893. The second-order valence-electron chi connectivity index (χ2n) is 9.51. The minimum atomic E-state index is -0.871. The third-order valence-electron chi connectivity index (χ3n) is 6.65. The largest absolute Gasteiger partial charge is 0.496 e. The Labute approximate surface area is 231 Å². The summed E-state index contributed by atoms with van der Waals surface area (Å²) >= 11 is 0. The molecule has 0 fully saturated rings. The van der Waals surface area contributed by atoms with Crippen LogP contribution in [0, 0.1) is 0 Å². The van der Waals surface area contributed by atoms with Gasteiger partial charge in [0.25, 0.3) is 0 Å². The Morgan fingerprint density at radius 3 is 2.10 bits per heavy atom. The molecule has 0 spiro atoms. The highest BCUT2D eigenvalue weighted by molar-refractivity contribution is 5.99. The van der Waals surface area contributed by atoms with Gasteiger partial charge in [-0.1, -0.05) is 70.8 Å². The maximum atomic E-state index is 13.6. The average molecular weight is 539 g/mol. The summed E-state index contributed by atoms with van der Waals surface area (Å²) in [6.45, 7) is 2.90. The third kappa shape index (κ3) is 8.94. The van der Waals surface area contributed by atoms with Gasteiger partial charge in [-0.15, -0.1) is 10.2 Å². The molecule has 1 atom stereocenters. The second kappa shape index (κ2) is 16.3. The van der Waals surface area contributed by atoms with Gasteiger partial charge >= 0.3 is 0 Å². The minimum Gasteiger partial charge on any atom is -0.496 e. The normalized spacial score (nSPS) is 11.7. The molecule has 3 aromatic rings. The molecule has 0 aliphatic heterocycles. The van der Waals surface area contributed by atoms with Gasteiger partial charge in [-0.2, -0.15) is 4.80 Å². The summed E-state index contributed by atoms with van der Waals surface area (Å²) in [6.07, 6.45) is 14.2. The van der Waals surface area contributed by atoms with E-state index in [1.54, 1.807) is 42.4 Å². The number of unbranched alkanes of at least 4 members (excludes halogenated alkanes) is 9. The number of pyridine rings is 1. The molecule has 10 nitrogen and oxygen atoms in total. The predicted octanol–water partition coefficient (Wildman–Crippen LogP) is 5.79. The van der Waals surface area contributed by atoms with E-state index in [4.69, 9.17) is 14.2 Å². The first-order valence-electron chi connectivity index (χ1n) is 13.9. The lowest BCUT2D eigenvalue weighted by atomic mass is 10.0. The molecule has 212 valence electrons. The summed E-state index contributed by atoms with van der Waals surface area (Å²) < 4.78 is 16.3. The van der Waals surface area contributed by atoms with Crippen LogP contribution in [-0.4, -0.2) is 52.4 Å². The van der Waals surface area contributed by atoms with Gasteiger partial charge in [0.2, 0.25) is 5.91 Å². The number of benzene rings is 1. The van der Waals surface area contributed by atoms with Crippen LogP contribution in [-0.2, 0) is 11.3 Å². The van der Waals surface area contributed by atoms with Gasteiger partial charge in [0, 0.05) is 18.3 Å². The fourth-order valence-electron chi connectivity index (χ4n) is 4.46. The van der Waals surface area contributed by atoms with Crippen LogP contribution in [0.25, 0.3) is 0 Å². The van der Waals surface area contributed by atoms with Gasteiger partial charge in [0.05, 0.1) is 33.6 Å². The minimum absolute atomic E-state index is 0.282. The van der Waals surface area contributed by atoms with E-state index in [9.17, 15) is 4.79 Å². The first-order chi connectivity index (χ1) is 19.1. The van der Waals surface area contributed by atoms with Gasteiger partial charge in [0.1, 0.15) is 28.9 Å². The Morgan fingerprint density at radius 2 is 1.54 bits per heavy atom. The molecule has 0 aliphatic carbocycles. The maximum Gasteiger partial charge on any atom is 0.241 e. The van der Waals surface area contributed by atoms with Crippen LogP contribution in [0.15, 0.2) is 36.5 Å². The van der Waals surface area contributed by atoms with Crippen molar-refractivity contribution < 1.29 is 19.0 Å². The van der Waals surface area contributed by atoms with Crippen molar-refractivity contribution in [3.63, 3.8) is 0 Å². The zero-order valence-corrected chi connectivity index (χ0v) is 23.7. The lowest BCUT2D eigenvalue weighted by molar-refractivity contribution is -0.117. The molecule has 0 saturated carbocycles.